The van der Waals surface area contributed by atoms with Crippen LogP contribution in [0.2, 0.25) is 5.31 Å². The van der Waals surface area contributed by atoms with Gasteiger partial charge in [-0.25, -0.2) is 0 Å². The molecule has 13 unspecified atom stereocenters. The van der Waals surface area contributed by atoms with Crippen molar-refractivity contribution < 1.29 is 0 Å². The van der Waals surface area contributed by atoms with Crippen molar-refractivity contribution in [2.75, 3.05) is 0 Å². The summed E-state index contributed by atoms with van der Waals surface area (Å²) in [6, 6.07) is 0. The summed E-state index contributed by atoms with van der Waals surface area (Å²) in [5, 5.41) is -0.00293. The van der Waals surface area contributed by atoms with Gasteiger partial charge in [-0.1, -0.05) is 71.9 Å². The van der Waals surface area contributed by atoms with Gasteiger partial charge in [0, 0.05) is 0 Å². The summed E-state index contributed by atoms with van der Waals surface area (Å²) in [5.41, 5.74) is 1.30. The van der Waals surface area contributed by atoms with E-state index in [4.69, 9.17) is 7.85 Å². The lowest BCUT2D eigenvalue weighted by Crippen LogP contribution is -2.44. The predicted molar refractivity (Wildman–Crippen MR) is 130 cm³/mol. The summed E-state index contributed by atoms with van der Waals surface area (Å²) in [6.45, 7) is 15.9. The average molecular weight is 417 g/mol. The summed E-state index contributed by atoms with van der Waals surface area (Å²) in [6.07, 6.45) is 15.4. The standard InChI is InChI=1S/C30H45B/c1-7-21-20-10-9-19-17(3)22(20)25-26-23-18(4)28(6)11-8-12-29(26,15-27(21,25)5)13-16(2)14-30(28,31)24(19)23/h8,11,16-26H,7,9-10,12-15H2,1-6H3/t16?,17?,18?,19?,20?,21-,22?,23?,24?,25?,26?,27-,28?,29?,30?/m0/s1. The van der Waals surface area contributed by atoms with Crippen LogP contribution < -0.4 is 0 Å². The lowest BCUT2D eigenvalue weighted by atomic mass is 9.44. The zero-order chi connectivity index (χ0) is 21.7. The van der Waals surface area contributed by atoms with Crippen molar-refractivity contribution in [1.82, 2.24) is 0 Å². The van der Waals surface area contributed by atoms with E-state index in [1.54, 1.807) is 0 Å². The highest BCUT2D eigenvalue weighted by molar-refractivity contribution is 6.16. The van der Waals surface area contributed by atoms with Gasteiger partial charge in [-0.3, -0.25) is 0 Å². The van der Waals surface area contributed by atoms with E-state index in [1.807, 2.05) is 0 Å². The molecule has 1 heteroatoms. The minimum absolute atomic E-state index is 0.00293. The lowest BCUT2D eigenvalue weighted by molar-refractivity contribution is 0.0133. The first-order chi connectivity index (χ1) is 14.6. The molecule has 7 rings (SSSR count). The van der Waals surface area contributed by atoms with Crippen LogP contribution >= 0.6 is 0 Å². The van der Waals surface area contributed by atoms with Gasteiger partial charge in [0.2, 0.25) is 0 Å². The second-order valence-corrected chi connectivity index (χ2v) is 14.8. The number of allylic oxidation sites excluding steroid dienone is 2. The number of hydrogen-bond acceptors (Lipinski definition) is 0. The highest BCUT2D eigenvalue weighted by Crippen LogP contribution is 2.85. The molecule has 0 heterocycles. The smallest absolute Gasteiger partial charge is 0.0762 e. The summed E-state index contributed by atoms with van der Waals surface area (Å²) in [7, 11) is 7.84. The SMILES string of the molecule is [B]C12CC(C)CC34CC=CC1(C)C(C)C1C3C3C5C(C)C(CCC5[C@H](CC)[C@]3(C)C4)C12. The summed E-state index contributed by atoms with van der Waals surface area (Å²) in [4.78, 5) is 0. The molecule has 2 radical (unpaired) electrons. The van der Waals surface area contributed by atoms with Crippen LogP contribution in [0.15, 0.2) is 12.2 Å². The molecule has 7 aliphatic rings. The Morgan fingerprint density at radius 3 is 2.42 bits per heavy atom. The van der Waals surface area contributed by atoms with E-state index in [9.17, 15) is 0 Å². The molecule has 0 amide bonds. The molecule has 7 aliphatic carbocycles. The Morgan fingerprint density at radius 2 is 1.68 bits per heavy atom. The van der Waals surface area contributed by atoms with Crippen LogP contribution in [0.3, 0.4) is 0 Å². The second kappa shape index (κ2) is 5.71. The van der Waals surface area contributed by atoms with Gasteiger partial charge >= 0.3 is 0 Å². The highest BCUT2D eigenvalue weighted by Gasteiger charge is 2.78. The fourth-order valence-corrected chi connectivity index (χ4v) is 13.9. The van der Waals surface area contributed by atoms with Crippen molar-refractivity contribution in [3.05, 3.63) is 12.2 Å². The Balaban J connectivity index is 1.58. The van der Waals surface area contributed by atoms with Crippen LogP contribution in [0.4, 0.5) is 0 Å². The molecule has 6 saturated carbocycles. The Hall–Kier alpha value is -0.195. The number of hydrogen-bond donors (Lipinski definition) is 0. The molecule has 0 aliphatic heterocycles. The topological polar surface area (TPSA) is 0 Å². The van der Waals surface area contributed by atoms with E-state index < -0.39 is 0 Å². The average Bonchev–Trinajstić information content (AvgIpc) is 3.12. The van der Waals surface area contributed by atoms with E-state index in [0.717, 1.165) is 65.1 Å². The van der Waals surface area contributed by atoms with Crippen LogP contribution in [0.1, 0.15) is 86.5 Å². The maximum atomic E-state index is 7.84. The predicted octanol–water partition coefficient (Wildman–Crippen LogP) is 7.55. The van der Waals surface area contributed by atoms with Crippen molar-refractivity contribution in [1.29, 1.82) is 0 Å². The van der Waals surface area contributed by atoms with Crippen molar-refractivity contribution in [3.63, 3.8) is 0 Å². The zero-order valence-corrected chi connectivity index (χ0v) is 21.0. The van der Waals surface area contributed by atoms with Gasteiger partial charge < -0.3 is 0 Å². The van der Waals surface area contributed by atoms with Gasteiger partial charge in [-0.2, -0.15) is 0 Å². The van der Waals surface area contributed by atoms with Crippen LogP contribution in [0.5, 0.6) is 0 Å². The maximum Gasteiger partial charge on any atom is 0.0762 e. The van der Waals surface area contributed by atoms with Gasteiger partial charge in [0.1, 0.15) is 0 Å². The second-order valence-electron chi connectivity index (χ2n) is 14.8. The molecule has 0 aromatic rings. The van der Waals surface area contributed by atoms with Gasteiger partial charge in [-0.05, 0) is 113 Å². The largest absolute Gasteiger partial charge is 0.0874 e. The molecule has 31 heavy (non-hydrogen) atoms. The highest BCUT2D eigenvalue weighted by atomic mass is 14.8. The van der Waals surface area contributed by atoms with E-state index >= 15 is 0 Å². The Kier molecular flexibility index (Phi) is 3.72. The summed E-state index contributed by atoms with van der Waals surface area (Å²) < 4.78 is 0. The fourth-order valence-electron chi connectivity index (χ4n) is 13.9. The molecule has 168 valence electrons. The number of fused-ring (bicyclic) bond motifs is 3. The molecule has 8 bridgehead atoms. The van der Waals surface area contributed by atoms with Crippen molar-refractivity contribution >= 4 is 7.85 Å². The van der Waals surface area contributed by atoms with E-state index in [1.165, 1.54) is 44.9 Å². The van der Waals surface area contributed by atoms with E-state index in [-0.39, 0.29) is 10.7 Å². The first kappa shape index (κ1) is 20.2. The minimum atomic E-state index is -0.00293. The summed E-state index contributed by atoms with van der Waals surface area (Å²) in [5.74, 6) is 9.78. The zero-order valence-electron chi connectivity index (χ0n) is 21.0. The summed E-state index contributed by atoms with van der Waals surface area (Å²) >= 11 is 0. The fraction of sp³-hybridized carbons (Fsp3) is 0.933. The molecule has 0 spiro atoms. The molecule has 6 fully saturated rings. The number of rotatable bonds is 1. The van der Waals surface area contributed by atoms with Crippen molar-refractivity contribution in [2.24, 2.45) is 81.3 Å². The molecule has 0 aromatic carbocycles. The molecule has 15 atom stereocenters. The van der Waals surface area contributed by atoms with Crippen LogP contribution in [0.25, 0.3) is 0 Å². The van der Waals surface area contributed by atoms with Gasteiger partial charge in [0.05, 0.1) is 7.85 Å². The lowest BCUT2D eigenvalue weighted by Gasteiger charge is -2.52. The first-order valence-electron chi connectivity index (χ1n) is 14.1. The normalized spacial score (nSPS) is 69.8. The van der Waals surface area contributed by atoms with Gasteiger partial charge in [-0.15, -0.1) is 0 Å². The van der Waals surface area contributed by atoms with Crippen LogP contribution in [-0.2, 0) is 0 Å². The van der Waals surface area contributed by atoms with Crippen molar-refractivity contribution in [2.45, 2.75) is 91.8 Å². The molecule has 0 N–H and O–H groups in total. The Bertz CT molecular complexity index is 845. The van der Waals surface area contributed by atoms with Crippen molar-refractivity contribution in [3.8, 4) is 0 Å². The minimum Gasteiger partial charge on any atom is -0.0874 e. The van der Waals surface area contributed by atoms with Gasteiger partial charge in [0.15, 0.2) is 0 Å². The quantitative estimate of drug-likeness (QED) is 0.306. The molecular formula is C30H45B. The van der Waals surface area contributed by atoms with Gasteiger partial charge in [0.25, 0.3) is 0 Å². The first-order valence-corrected chi connectivity index (χ1v) is 14.1. The maximum absolute atomic E-state index is 7.84. The van der Waals surface area contributed by atoms with Crippen LogP contribution in [-0.4, -0.2) is 7.85 Å². The molecule has 0 nitrogen and oxygen atoms in total. The molecular weight excluding hydrogens is 371 g/mol. The Morgan fingerprint density at radius 1 is 0.935 bits per heavy atom. The van der Waals surface area contributed by atoms with E-state index in [2.05, 4.69) is 53.7 Å². The molecule has 0 saturated heterocycles. The molecule has 0 aromatic heterocycles. The van der Waals surface area contributed by atoms with Crippen LogP contribution in [0, 0.1) is 81.3 Å². The third-order valence-electron chi connectivity index (χ3n) is 14.3. The monoisotopic (exact) mass is 416 g/mol. The Labute approximate surface area is 193 Å². The van der Waals surface area contributed by atoms with E-state index in [0.29, 0.717) is 10.8 Å². The third-order valence-corrected chi connectivity index (χ3v) is 14.3. The third kappa shape index (κ3) is 1.91.